The van der Waals surface area contributed by atoms with Crippen LogP contribution in [0.15, 0.2) is 12.1 Å². The van der Waals surface area contributed by atoms with Crippen molar-refractivity contribution in [3.05, 3.63) is 28.8 Å². The minimum Gasteiger partial charge on any atom is -0.508 e. The van der Waals surface area contributed by atoms with E-state index in [-0.39, 0.29) is 17.8 Å². The molecule has 5 nitrogen and oxygen atoms in total. The Kier molecular flexibility index (Phi) is 4.07. The molecular formula is C14H20N2O3. The first-order valence-electron chi connectivity index (χ1n) is 6.35. The molecule has 1 aromatic carbocycles. The Bertz CT molecular complexity index is 488. The van der Waals surface area contributed by atoms with Gasteiger partial charge in [-0.3, -0.25) is 9.69 Å². The molecule has 2 rings (SSSR count). The summed E-state index contributed by atoms with van der Waals surface area (Å²) in [5, 5.41) is 13.0. The van der Waals surface area contributed by atoms with E-state index >= 15 is 0 Å². The highest BCUT2D eigenvalue weighted by molar-refractivity contribution is 5.80. The van der Waals surface area contributed by atoms with Crippen molar-refractivity contribution in [2.75, 3.05) is 26.8 Å². The van der Waals surface area contributed by atoms with E-state index in [1.807, 2.05) is 24.8 Å². The molecule has 0 aliphatic carbocycles. The SMILES string of the molecule is COCCN1CC(=O)N[C@@H]1c1cc(C)c(C)cc1O. The molecule has 5 heteroatoms. The van der Waals surface area contributed by atoms with E-state index in [1.165, 1.54) is 0 Å². The third kappa shape index (κ3) is 2.88. The van der Waals surface area contributed by atoms with Crippen LogP contribution >= 0.6 is 0 Å². The first kappa shape index (κ1) is 13.8. The molecular weight excluding hydrogens is 244 g/mol. The van der Waals surface area contributed by atoms with Crippen molar-refractivity contribution in [3.8, 4) is 5.75 Å². The molecule has 1 aromatic rings. The summed E-state index contributed by atoms with van der Waals surface area (Å²) in [4.78, 5) is 13.6. The van der Waals surface area contributed by atoms with Gasteiger partial charge in [-0.1, -0.05) is 0 Å². The largest absolute Gasteiger partial charge is 0.508 e. The van der Waals surface area contributed by atoms with Gasteiger partial charge in [0.25, 0.3) is 0 Å². The second kappa shape index (κ2) is 5.59. The molecule has 1 heterocycles. The smallest absolute Gasteiger partial charge is 0.235 e. The van der Waals surface area contributed by atoms with Crippen LogP contribution in [-0.4, -0.2) is 42.7 Å². The number of benzene rings is 1. The van der Waals surface area contributed by atoms with Crippen molar-refractivity contribution in [2.45, 2.75) is 20.0 Å². The summed E-state index contributed by atoms with van der Waals surface area (Å²) in [6.07, 6.45) is -0.276. The van der Waals surface area contributed by atoms with Gasteiger partial charge in [-0.15, -0.1) is 0 Å². The van der Waals surface area contributed by atoms with Crippen LogP contribution in [0.4, 0.5) is 0 Å². The molecule has 0 spiro atoms. The molecule has 1 aliphatic heterocycles. The highest BCUT2D eigenvalue weighted by Crippen LogP contribution is 2.31. The molecule has 2 N–H and O–H groups in total. The van der Waals surface area contributed by atoms with Crippen molar-refractivity contribution >= 4 is 5.91 Å². The Hall–Kier alpha value is -1.59. The number of methoxy groups -OCH3 is 1. The maximum absolute atomic E-state index is 11.6. The number of rotatable bonds is 4. The number of ether oxygens (including phenoxy) is 1. The van der Waals surface area contributed by atoms with E-state index in [4.69, 9.17) is 4.74 Å². The molecule has 0 aromatic heterocycles. The molecule has 0 radical (unpaired) electrons. The van der Waals surface area contributed by atoms with Crippen LogP contribution in [0, 0.1) is 13.8 Å². The van der Waals surface area contributed by atoms with Gasteiger partial charge in [-0.05, 0) is 37.1 Å². The zero-order valence-electron chi connectivity index (χ0n) is 11.6. The molecule has 104 valence electrons. The Morgan fingerprint density at radius 2 is 2.11 bits per heavy atom. The second-order valence-electron chi connectivity index (χ2n) is 4.93. The quantitative estimate of drug-likeness (QED) is 0.854. The van der Waals surface area contributed by atoms with Gasteiger partial charge in [0.15, 0.2) is 0 Å². The lowest BCUT2D eigenvalue weighted by molar-refractivity contribution is -0.118. The van der Waals surface area contributed by atoms with Crippen LogP contribution in [0.25, 0.3) is 0 Å². The normalized spacial score (nSPS) is 19.7. The fraction of sp³-hybridized carbons (Fsp3) is 0.500. The van der Waals surface area contributed by atoms with Crippen molar-refractivity contribution in [1.29, 1.82) is 0 Å². The molecule has 1 amide bonds. The van der Waals surface area contributed by atoms with Crippen LogP contribution < -0.4 is 5.32 Å². The van der Waals surface area contributed by atoms with Gasteiger partial charge in [-0.25, -0.2) is 0 Å². The van der Waals surface area contributed by atoms with Crippen LogP contribution in [-0.2, 0) is 9.53 Å². The average Bonchev–Trinajstić information content (AvgIpc) is 2.72. The molecule has 0 bridgehead atoms. The van der Waals surface area contributed by atoms with Crippen molar-refractivity contribution in [1.82, 2.24) is 10.2 Å². The molecule has 0 saturated carbocycles. The maximum atomic E-state index is 11.6. The number of nitrogens with zero attached hydrogens (tertiary/aromatic N) is 1. The minimum atomic E-state index is -0.276. The van der Waals surface area contributed by atoms with Gasteiger partial charge in [0.1, 0.15) is 11.9 Å². The third-order valence-electron chi connectivity index (χ3n) is 3.53. The number of carbonyl (C=O) groups excluding carboxylic acids is 1. The fourth-order valence-electron chi connectivity index (χ4n) is 2.30. The lowest BCUT2D eigenvalue weighted by atomic mass is 10.0. The summed E-state index contributed by atoms with van der Waals surface area (Å²) in [5.41, 5.74) is 2.87. The summed E-state index contributed by atoms with van der Waals surface area (Å²) in [7, 11) is 1.63. The lowest BCUT2D eigenvalue weighted by Gasteiger charge is -2.24. The van der Waals surface area contributed by atoms with E-state index in [0.29, 0.717) is 19.7 Å². The number of phenolic OH excluding ortho intramolecular Hbond substituents is 1. The van der Waals surface area contributed by atoms with Crippen LogP contribution in [0.3, 0.4) is 0 Å². The summed E-state index contributed by atoms with van der Waals surface area (Å²) < 4.78 is 5.05. The molecule has 1 atom stereocenters. The van der Waals surface area contributed by atoms with Gasteiger partial charge < -0.3 is 15.2 Å². The standard InChI is InChI=1S/C14H20N2O3/c1-9-6-11(12(17)7-10(9)2)14-15-13(18)8-16(14)4-5-19-3/h6-7,14,17H,4-5,8H2,1-3H3,(H,15,18)/t14-/m0/s1. The summed E-state index contributed by atoms with van der Waals surface area (Å²) >= 11 is 0. The summed E-state index contributed by atoms with van der Waals surface area (Å²) in [6.45, 7) is 5.48. The predicted octanol–water partition coefficient (Wildman–Crippen LogP) is 1.09. The van der Waals surface area contributed by atoms with Gasteiger partial charge in [0.05, 0.1) is 13.2 Å². The first-order chi connectivity index (χ1) is 9.02. The van der Waals surface area contributed by atoms with Gasteiger partial charge in [0.2, 0.25) is 5.91 Å². The van der Waals surface area contributed by atoms with Crippen LogP contribution in [0.1, 0.15) is 22.9 Å². The third-order valence-corrected chi connectivity index (χ3v) is 3.53. The number of aromatic hydroxyl groups is 1. The molecule has 1 saturated heterocycles. The highest BCUT2D eigenvalue weighted by atomic mass is 16.5. The Balaban J connectivity index is 2.28. The van der Waals surface area contributed by atoms with E-state index in [2.05, 4.69) is 5.32 Å². The number of phenols is 1. The zero-order chi connectivity index (χ0) is 14.0. The second-order valence-corrected chi connectivity index (χ2v) is 4.93. The summed E-state index contributed by atoms with van der Waals surface area (Å²) in [5.74, 6) is 0.191. The Labute approximate surface area is 113 Å². The number of aryl methyl sites for hydroxylation is 2. The maximum Gasteiger partial charge on any atom is 0.235 e. The van der Waals surface area contributed by atoms with Crippen LogP contribution in [0.2, 0.25) is 0 Å². The molecule has 19 heavy (non-hydrogen) atoms. The number of carbonyl (C=O) groups is 1. The molecule has 1 fully saturated rings. The Morgan fingerprint density at radius 1 is 1.42 bits per heavy atom. The zero-order valence-corrected chi connectivity index (χ0v) is 11.6. The monoisotopic (exact) mass is 264 g/mol. The van der Waals surface area contributed by atoms with Crippen molar-refractivity contribution in [2.24, 2.45) is 0 Å². The average molecular weight is 264 g/mol. The number of nitrogens with one attached hydrogen (secondary N) is 1. The number of hydrogen-bond acceptors (Lipinski definition) is 4. The van der Waals surface area contributed by atoms with Crippen molar-refractivity contribution < 1.29 is 14.6 Å². The van der Waals surface area contributed by atoms with Gasteiger partial charge in [0, 0.05) is 19.2 Å². The molecule has 1 aliphatic rings. The van der Waals surface area contributed by atoms with E-state index in [0.717, 1.165) is 16.7 Å². The lowest BCUT2D eigenvalue weighted by Crippen LogP contribution is -2.30. The highest BCUT2D eigenvalue weighted by Gasteiger charge is 2.32. The van der Waals surface area contributed by atoms with E-state index in [9.17, 15) is 9.90 Å². The Morgan fingerprint density at radius 3 is 2.79 bits per heavy atom. The fourth-order valence-corrected chi connectivity index (χ4v) is 2.30. The van der Waals surface area contributed by atoms with Crippen LogP contribution in [0.5, 0.6) is 5.75 Å². The van der Waals surface area contributed by atoms with E-state index < -0.39 is 0 Å². The molecule has 0 unspecified atom stereocenters. The van der Waals surface area contributed by atoms with Gasteiger partial charge in [-0.2, -0.15) is 0 Å². The van der Waals surface area contributed by atoms with Gasteiger partial charge >= 0.3 is 0 Å². The van der Waals surface area contributed by atoms with E-state index in [1.54, 1.807) is 13.2 Å². The summed E-state index contributed by atoms with van der Waals surface area (Å²) in [6, 6.07) is 3.67. The topological polar surface area (TPSA) is 61.8 Å². The van der Waals surface area contributed by atoms with Crippen molar-refractivity contribution in [3.63, 3.8) is 0 Å². The first-order valence-corrected chi connectivity index (χ1v) is 6.35. The number of amides is 1. The number of hydrogen-bond donors (Lipinski definition) is 2. The minimum absolute atomic E-state index is 0.0290. The predicted molar refractivity (Wildman–Crippen MR) is 71.9 cm³/mol.